The third-order valence-corrected chi connectivity index (χ3v) is 5.00. The zero-order chi connectivity index (χ0) is 20.8. The van der Waals surface area contributed by atoms with Crippen molar-refractivity contribution in [3.05, 3.63) is 12.4 Å². The quantitative estimate of drug-likeness (QED) is 0.328. The number of terminal acetylenes is 1. The maximum absolute atomic E-state index is 14.0. The summed E-state index contributed by atoms with van der Waals surface area (Å²) in [5, 5.41) is 22.4. The maximum Gasteiger partial charge on any atom is 0.312 e. The van der Waals surface area contributed by atoms with Crippen molar-refractivity contribution in [2.75, 3.05) is 18.5 Å². The summed E-state index contributed by atoms with van der Waals surface area (Å²) in [5.41, 5.74) is -1.57. The Bertz CT molecular complexity index is 1040. The molecule has 2 aromatic rings. The molecule has 1 amide bonds. The number of rotatable bonds is 4. The monoisotopic (exact) mass is 405 g/mol. The van der Waals surface area contributed by atoms with E-state index in [1.807, 2.05) is 0 Å². The van der Waals surface area contributed by atoms with Gasteiger partial charge in [0.05, 0.1) is 25.6 Å². The van der Waals surface area contributed by atoms with Gasteiger partial charge < -0.3 is 29.6 Å². The number of hydrogen-bond donors (Lipinski definition) is 3. The number of halogens is 1. The van der Waals surface area contributed by atoms with Gasteiger partial charge in [-0.05, 0) is 0 Å². The highest BCUT2D eigenvalue weighted by atomic mass is 19.1. The number of ether oxygens (including phenoxy) is 2. The number of esters is 1. The van der Waals surface area contributed by atoms with E-state index in [0.29, 0.717) is 0 Å². The largest absolute Gasteiger partial charge is 0.452 e. The number of aromatic nitrogens is 4. The van der Waals surface area contributed by atoms with Crippen LogP contribution in [-0.2, 0) is 19.1 Å². The molecular formula is C17H16FN5O6. The molecule has 11 nitrogen and oxygen atoms in total. The smallest absolute Gasteiger partial charge is 0.312 e. The fourth-order valence-electron chi connectivity index (χ4n) is 3.39. The fourth-order valence-corrected chi connectivity index (χ4v) is 3.39. The summed E-state index contributed by atoms with van der Waals surface area (Å²) >= 11 is 0. The molecule has 152 valence electrons. The number of imidazole rings is 1. The topological polar surface area (TPSA) is 149 Å². The van der Waals surface area contributed by atoms with Crippen LogP contribution in [0.5, 0.6) is 0 Å². The van der Waals surface area contributed by atoms with E-state index in [9.17, 15) is 24.2 Å². The summed E-state index contributed by atoms with van der Waals surface area (Å²) in [6.07, 6.45) is 3.51. The van der Waals surface area contributed by atoms with Gasteiger partial charge in [0.2, 0.25) is 0 Å². The fraction of sp³-hybridized carbons (Fsp3) is 0.471. The van der Waals surface area contributed by atoms with Crippen LogP contribution in [0.2, 0.25) is 0 Å². The third kappa shape index (κ3) is 3.09. The number of aliphatic hydroxyl groups excluding tert-OH is 2. The average Bonchev–Trinajstić information content (AvgIpc) is 3.39. The number of hydrogen-bond acceptors (Lipinski definition) is 9. The highest BCUT2D eigenvalue weighted by molar-refractivity contribution is 6.00. The van der Waals surface area contributed by atoms with Gasteiger partial charge in [-0.3, -0.25) is 9.59 Å². The molecule has 2 saturated heterocycles. The number of nitrogens with zero attached hydrogens (tertiary/aromatic N) is 4. The number of amides is 1. The van der Waals surface area contributed by atoms with Gasteiger partial charge in [-0.2, -0.15) is 14.4 Å². The molecule has 1 unspecified atom stereocenters. The van der Waals surface area contributed by atoms with E-state index in [-0.39, 0.29) is 36.4 Å². The molecule has 0 bridgehead atoms. The zero-order valence-electron chi connectivity index (χ0n) is 14.9. The lowest BCUT2D eigenvalue weighted by Crippen LogP contribution is -2.43. The van der Waals surface area contributed by atoms with E-state index < -0.39 is 48.4 Å². The van der Waals surface area contributed by atoms with Crippen molar-refractivity contribution in [3.63, 3.8) is 0 Å². The minimum atomic E-state index is -1.60. The van der Waals surface area contributed by atoms with Crippen molar-refractivity contribution in [2.24, 2.45) is 0 Å². The molecule has 2 aliphatic heterocycles. The van der Waals surface area contributed by atoms with Gasteiger partial charge in [-0.15, -0.1) is 6.42 Å². The van der Waals surface area contributed by atoms with Crippen LogP contribution in [0.1, 0.15) is 18.9 Å². The first-order valence-corrected chi connectivity index (χ1v) is 8.69. The summed E-state index contributed by atoms with van der Waals surface area (Å²) in [5.74, 6) is 0.867. The van der Waals surface area contributed by atoms with Crippen molar-refractivity contribution in [3.8, 4) is 12.3 Å². The average molecular weight is 405 g/mol. The second-order valence-electron chi connectivity index (χ2n) is 6.69. The number of cyclic esters (lactones) is 1. The standard InChI is InChI=1S/C17H16FN5O6/c1-2-17(6-24)12(26)8(5-28-17)23-7-19-11-13(21-16(18)22-14(11)23)20-15(27)9-3-4-10(25)29-9/h1,7-9,12,24,26H,3-6H2,(H,20,21,22,27)/t8?,9-,12+,17-/m1/s1. The molecule has 0 spiro atoms. The summed E-state index contributed by atoms with van der Waals surface area (Å²) in [6, 6.07) is -0.808. The predicted octanol–water partition coefficient (Wildman–Crippen LogP) is -1.09. The summed E-state index contributed by atoms with van der Waals surface area (Å²) < 4.78 is 25.7. The Hall–Kier alpha value is -3.14. The van der Waals surface area contributed by atoms with Crippen molar-refractivity contribution in [2.45, 2.75) is 36.7 Å². The molecule has 29 heavy (non-hydrogen) atoms. The summed E-state index contributed by atoms with van der Waals surface area (Å²) in [7, 11) is 0. The van der Waals surface area contributed by atoms with Gasteiger partial charge in [0.15, 0.2) is 28.7 Å². The van der Waals surface area contributed by atoms with Gasteiger partial charge in [0.1, 0.15) is 6.10 Å². The van der Waals surface area contributed by atoms with E-state index in [4.69, 9.17) is 15.9 Å². The lowest BCUT2D eigenvalue weighted by molar-refractivity contribution is -0.146. The van der Waals surface area contributed by atoms with Crippen LogP contribution in [0.15, 0.2) is 6.33 Å². The number of nitrogens with one attached hydrogen (secondary N) is 1. The molecule has 3 N–H and O–H groups in total. The minimum absolute atomic E-state index is 0.0189. The number of anilines is 1. The second-order valence-corrected chi connectivity index (χ2v) is 6.69. The maximum atomic E-state index is 14.0. The van der Waals surface area contributed by atoms with Gasteiger partial charge in [-0.1, -0.05) is 5.92 Å². The van der Waals surface area contributed by atoms with Crippen LogP contribution in [0.3, 0.4) is 0 Å². The molecule has 4 atom stereocenters. The first-order chi connectivity index (χ1) is 13.9. The van der Waals surface area contributed by atoms with E-state index in [1.54, 1.807) is 0 Å². The van der Waals surface area contributed by atoms with E-state index in [2.05, 4.69) is 26.2 Å². The first-order valence-electron chi connectivity index (χ1n) is 8.69. The zero-order valence-corrected chi connectivity index (χ0v) is 14.9. The molecule has 0 aliphatic carbocycles. The van der Waals surface area contributed by atoms with Gasteiger partial charge in [-0.25, -0.2) is 4.98 Å². The lowest BCUT2D eigenvalue weighted by Gasteiger charge is -2.25. The molecule has 2 aliphatic rings. The van der Waals surface area contributed by atoms with Gasteiger partial charge in [0, 0.05) is 12.8 Å². The molecule has 0 aromatic carbocycles. The van der Waals surface area contributed by atoms with Crippen LogP contribution in [0, 0.1) is 18.4 Å². The van der Waals surface area contributed by atoms with Crippen molar-refractivity contribution >= 4 is 28.9 Å². The van der Waals surface area contributed by atoms with Gasteiger partial charge >= 0.3 is 12.0 Å². The summed E-state index contributed by atoms with van der Waals surface area (Å²) in [4.78, 5) is 34.8. The van der Waals surface area contributed by atoms with Crippen LogP contribution in [0.4, 0.5) is 10.2 Å². The van der Waals surface area contributed by atoms with E-state index in [0.717, 1.165) is 0 Å². The minimum Gasteiger partial charge on any atom is -0.452 e. The number of carbonyl (C=O) groups excluding carboxylic acids is 2. The Morgan fingerprint density at radius 2 is 2.31 bits per heavy atom. The van der Waals surface area contributed by atoms with Crippen molar-refractivity contribution < 1.29 is 33.7 Å². The summed E-state index contributed by atoms with van der Waals surface area (Å²) in [6.45, 7) is -0.693. The molecule has 0 saturated carbocycles. The third-order valence-electron chi connectivity index (χ3n) is 5.00. The highest BCUT2D eigenvalue weighted by Crippen LogP contribution is 2.35. The Labute approximate surface area is 162 Å². The normalized spacial score (nSPS) is 29.0. The van der Waals surface area contributed by atoms with Crippen molar-refractivity contribution in [1.82, 2.24) is 19.5 Å². The van der Waals surface area contributed by atoms with Gasteiger partial charge in [0.25, 0.3) is 5.91 Å². The lowest BCUT2D eigenvalue weighted by atomic mass is 9.96. The van der Waals surface area contributed by atoms with Crippen LogP contribution in [-0.4, -0.2) is 72.6 Å². The molecule has 2 aromatic heterocycles. The first kappa shape index (κ1) is 19.2. The van der Waals surface area contributed by atoms with Crippen molar-refractivity contribution in [1.29, 1.82) is 0 Å². The number of carbonyl (C=O) groups is 2. The second kappa shape index (κ2) is 7.03. The molecule has 2 fully saturated rings. The number of fused-ring (bicyclic) bond motifs is 1. The Morgan fingerprint density at radius 3 is 2.93 bits per heavy atom. The van der Waals surface area contributed by atoms with Crippen LogP contribution < -0.4 is 5.32 Å². The van der Waals surface area contributed by atoms with E-state index in [1.165, 1.54) is 10.9 Å². The van der Waals surface area contributed by atoms with Crippen LogP contribution in [0.25, 0.3) is 11.2 Å². The Morgan fingerprint density at radius 1 is 1.52 bits per heavy atom. The SMILES string of the molecule is C#C[C@]1(CO)OCC(n2cnc3c(NC(=O)[C@H]4CCC(=O)O4)nc(F)nc32)[C@@H]1O. The predicted molar refractivity (Wildman–Crippen MR) is 92.7 cm³/mol. The molecular weight excluding hydrogens is 389 g/mol. The Kier molecular flexibility index (Phi) is 4.65. The molecule has 4 heterocycles. The number of aliphatic hydroxyl groups is 2. The molecule has 12 heteroatoms. The molecule has 4 rings (SSSR count). The van der Waals surface area contributed by atoms with E-state index >= 15 is 0 Å². The molecule has 0 radical (unpaired) electrons. The highest BCUT2D eigenvalue weighted by Gasteiger charge is 2.49. The van der Waals surface area contributed by atoms with Crippen LogP contribution >= 0.6 is 0 Å². The Balaban J connectivity index is 1.67.